The van der Waals surface area contributed by atoms with Crippen LogP contribution in [0.1, 0.15) is 80.5 Å². The number of nitrogens with one attached hydrogen (secondary N) is 2. The standard InChI is InChI=1S/C30H38N2O/c1-33-27-8-9-28-24(15-27)14-26(13-19-2-3-19)31-29(28)23-4-6-25(7-5-23)32-30-16-20-10-21(17-30)12-22(11-20)18-30/h4-9,15,19-22,26,29,31-32H,2-3,10-14,16-18H2,1H3/t20?,21?,22?,26-,29-,30?/m0/s1. The number of benzene rings is 2. The van der Waals surface area contributed by atoms with Crippen LogP contribution >= 0.6 is 0 Å². The number of hydrogen-bond acceptors (Lipinski definition) is 3. The molecule has 5 saturated carbocycles. The summed E-state index contributed by atoms with van der Waals surface area (Å²) in [7, 11) is 1.78. The summed E-state index contributed by atoms with van der Waals surface area (Å²) >= 11 is 0. The second-order valence-electron chi connectivity index (χ2n) is 12.2. The summed E-state index contributed by atoms with van der Waals surface area (Å²) in [6.45, 7) is 0. The highest BCUT2D eigenvalue weighted by Crippen LogP contribution is 2.56. The summed E-state index contributed by atoms with van der Waals surface area (Å²) in [4.78, 5) is 0. The van der Waals surface area contributed by atoms with Crippen molar-refractivity contribution in [2.45, 2.75) is 81.8 Å². The maximum absolute atomic E-state index is 5.55. The zero-order chi connectivity index (χ0) is 22.0. The van der Waals surface area contributed by atoms with E-state index < -0.39 is 0 Å². The normalized spacial score (nSPS) is 36.5. The van der Waals surface area contributed by atoms with Crippen molar-refractivity contribution in [3.8, 4) is 5.75 Å². The van der Waals surface area contributed by atoms with Gasteiger partial charge in [-0.3, -0.25) is 0 Å². The van der Waals surface area contributed by atoms with Crippen LogP contribution in [0.5, 0.6) is 5.75 Å². The minimum atomic E-state index is 0.275. The summed E-state index contributed by atoms with van der Waals surface area (Å²) in [6.07, 6.45) is 13.9. The third kappa shape index (κ3) is 3.87. The summed E-state index contributed by atoms with van der Waals surface area (Å²) in [5, 5.41) is 8.08. The van der Waals surface area contributed by atoms with Crippen molar-refractivity contribution in [1.29, 1.82) is 0 Å². The molecule has 1 aliphatic heterocycles. The first-order valence-electron chi connectivity index (χ1n) is 13.5. The average Bonchev–Trinajstić information content (AvgIpc) is 3.61. The molecule has 0 radical (unpaired) electrons. The zero-order valence-corrected chi connectivity index (χ0v) is 20.0. The van der Waals surface area contributed by atoms with Crippen LogP contribution in [-0.4, -0.2) is 18.7 Å². The Labute approximate surface area is 198 Å². The Morgan fingerprint density at radius 2 is 1.64 bits per heavy atom. The van der Waals surface area contributed by atoms with Crippen LogP contribution in [0.25, 0.3) is 0 Å². The van der Waals surface area contributed by atoms with Gasteiger partial charge in [-0.05, 0) is 116 Å². The molecular weight excluding hydrogens is 404 g/mol. The molecule has 0 unspecified atom stereocenters. The molecule has 33 heavy (non-hydrogen) atoms. The third-order valence-corrected chi connectivity index (χ3v) is 9.54. The van der Waals surface area contributed by atoms with E-state index in [4.69, 9.17) is 4.74 Å². The Morgan fingerprint density at radius 3 is 2.27 bits per heavy atom. The van der Waals surface area contributed by atoms with E-state index in [1.807, 2.05) is 0 Å². The monoisotopic (exact) mass is 442 g/mol. The first-order chi connectivity index (χ1) is 16.1. The first kappa shape index (κ1) is 20.4. The molecule has 3 heteroatoms. The Balaban J connectivity index is 1.13. The number of anilines is 1. The molecular formula is C30H38N2O. The number of rotatable bonds is 6. The minimum absolute atomic E-state index is 0.275. The second kappa shape index (κ2) is 7.77. The fourth-order valence-corrected chi connectivity index (χ4v) is 8.33. The molecule has 0 aromatic heterocycles. The number of hydrogen-bond donors (Lipinski definition) is 2. The highest BCUT2D eigenvalue weighted by atomic mass is 16.5. The van der Waals surface area contributed by atoms with Gasteiger partial charge in [0.1, 0.15) is 5.75 Å². The fraction of sp³-hybridized carbons (Fsp3) is 0.600. The molecule has 6 aliphatic rings. The van der Waals surface area contributed by atoms with Gasteiger partial charge in [0, 0.05) is 17.3 Å². The predicted octanol–water partition coefficient (Wildman–Crippen LogP) is 6.48. The number of ether oxygens (including phenoxy) is 1. The van der Waals surface area contributed by atoms with E-state index >= 15 is 0 Å². The minimum Gasteiger partial charge on any atom is -0.497 e. The topological polar surface area (TPSA) is 33.3 Å². The molecule has 0 amide bonds. The lowest BCUT2D eigenvalue weighted by Crippen LogP contribution is -2.54. The molecule has 8 rings (SSSR count). The molecule has 5 fully saturated rings. The van der Waals surface area contributed by atoms with E-state index in [0.29, 0.717) is 11.6 Å². The van der Waals surface area contributed by atoms with E-state index in [9.17, 15) is 0 Å². The van der Waals surface area contributed by atoms with Crippen LogP contribution in [0.2, 0.25) is 0 Å². The van der Waals surface area contributed by atoms with Crippen LogP contribution in [-0.2, 0) is 6.42 Å². The Morgan fingerprint density at radius 1 is 0.939 bits per heavy atom. The van der Waals surface area contributed by atoms with Crippen molar-refractivity contribution in [2.24, 2.45) is 23.7 Å². The molecule has 2 atom stereocenters. The van der Waals surface area contributed by atoms with Crippen molar-refractivity contribution in [1.82, 2.24) is 5.32 Å². The Kier molecular flexibility index (Phi) is 4.80. The van der Waals surface area contributed by atoms with Crippen molar-refractivity contribution in [3.63, 3.8) is 0 Å². The molecule has 3 nitrogen and oxygen atoms in total. The van der Waals surface area contributed by atoms with E-state index in [0.717, 1.165) is 35.8 Å². The van der Waals surface area contributed by atoms with Gasteiger partial charge in [-0.15, -0.1) is 0 Å². The fourth-order valence-electron chi connectivity index (χ4n) is 8.33. The molecule has 1 heterocycles. The van der Waals surface area contributed by atoms with Crippen molar-refractivity contribution >= 4 is 5.69 Å². The molecule has 4 bridgehead atoms. The summed E-state index contributed by atoms with van der Waals surface area (Å²) < 4.78 is 5.55. The summed E-state index contributed by atoms with van der Waals surface area (Å²) in [5.41, 5.74) is 5.96. The van der Waals surface area contributed by atoms with Gasteiger partial charge in [0.2, 0.25) is 0 Å². The lowest BCUT2D eigenvalue weighted by molar-refractivity contribution is 0.0107. The van der Waals surface area contributed by atoms with Crippen LogP contribution in [0.4, 0.5) is 5.69 Å². The van der Waals surface area contributed by atoms with E-state index in [-0.39, 0.29) is 6.04 Å². The smallest absolute Gasteiger partial charge is 0.119 e. The number of methoxy groups -OCH3 is 1. The average molecular weight is 443 g/mol. The van der Waals surface area contributed by atoms with Crippen molar-refractivity contribution in [2.75, 3.05) is 12.4 Å². The van der Waals surface area contributed by atoms with E-state index in [2.05, 4.69) is 53.1 Å². The highest BCUT2D eigenvalue weighted by Gasteiger charge is 2.50. The Hall–Kier alpha value is -2.00. The van der Waals surface area contributed by atoms with Crippen LogP contribution in [0.15, 0.2) is 42.5 Å². The largest absolute Gasteiger partial charge is 0.497 e. The molecule has 0 spiro atoms. The molecule has 2 N–H and O–H groups in total. The molecule has 2 aromatic rings. The maximum Gasteiger partial charge on any atom is 0.119 e. The van der Waals surface area contributed by atoms with Gasteiger partial charge < -0.3 is 15.4 Å². The van der Waals surface area contributed by atoms with Gasteiger partial charge in [0.25, 0.3) is 0 Å². The van der Waals surface area contributed by atoms with Crippen LogP contribution in [0, 0.1) is 23.7 Å². The van der Waals surface area contributed by atoms with Crippen molar-refractivity contribution < 1.29 is 4.74 Å². The van der Waals surface area contributed by atoms with Gasteiger partial charge in [0.05, 0.1) is 13.2 Å². The van der Waals surface area contributed by atoms with E-state index in [1.54, 1.807) is 7.11 Å². The molecule has 2 aromatic carbocycles. The lowest BCUT2D eigenvalue weighted by Gasteiger charge is -2.57. The van der Waals surface area contributed by atoms with E-state index in [1.165, 1.54) is 80.2 Å². The van der Waals surface area contributed by atoms with Gasteiger partial charge >= 0.3 is 0 Å². The first-order valence-corrected chi connectivity index (χ1v) is 13.5. The summed E-state index contributed by atoms with van der Waals surface area (Å²) in [6, 6.07) is 16.9. The third-order valence-electron chi connectivity index (χ3n) is 9.54. The number of fused-ring (bicyclic) bond motifs is 1. The summed E-state index contributed by atoms with van der Waals surface area (Å²) in [5.74, 6) is 4.85. The molecule has 0 saturated heterocycles. The Bertz CT molecular complexity index is 989. The molecule has 5 aliphatic carbocycles. The SMILES string of the molecule is COc1ccc2c(c1)C[C@H](CC1CC1)N[C@H]2c1ccc(NC23CC4CC(CC(C4)C2)C3)cc1. The quantitative estimate of drug-likeness (QED) is 0.537. The van der Waals surface area contributed by atoms with Gasteiger partial charge in [-0.25, -0.2) is 0 Å². The maximum atomic E-state index is 5.55. The van der Waals surface area contributed by atoms with Gasteiger partial charge in [0.15, 0.2) is 0 Å². The van der Waals surface area contributed by atoms with Gasteiger partial charge in [-0.1, -0.05) is 31.0 Å². The zero-order valence-electron chi connectivity index (χ0n) is 20.0. The lowest BCUT2D eigenvalue weighted by atomic mass is 9.53. The van der Waals surface area contributed by atoms with Gasteiger partial charge in [-0.2, -0.15) is 0 Å². The van der Waals surface area contributed by atoms with Crippen molar-refractivity contribution in [3.05, 3.63) is 59.2 Å². The second-order valence-corrected chi connectivity index (χ2v) is 12.2. The highest BCUT2D eigenvalue weighted by molar-refractivity contribution is 5.51. The predicted molar refractivity (Wildman–Crippen MR) is 134 cm³/mol. The molecule has 174 valence electrons. The van der Waals surface area contributed by atoms with Crippen LogP contribution < -0.4 is 15.4 Å². The van der Waals surface area contributed by atoms with Crippen LogP contribution in [0.3, 0.4) is 0 Å².